The monoisotopic (exact) mass is 225 g/mol. The Hall–Kier alpha value is -0.610. The number of piperazine rings is 1. The fourth-order valence-corrected chi connectivity index (χ4v) is 2.54. The Bertz CT molecular complexity index is 251. The predicted octanol–water partition coefficient (Wildman–Crippen LogP) is 0.149. The first-order chi connectivity index (χ1) is 7.66. The van der Waals surface area contributed by atoms with Crippen LogP contribution in [0.2, 0.25) is 0 Å². The molecule has 4 nitrogen and oxygen atoms in total. The maximum absolute atomic E-state index is 12.1. The van der Waals surface area contributed by atoms with Crippen LogP contribution in [-0.4, -0.2) is 61.5 Å². The third-order valence-corrected chi connectivity index (χ3v) is 3.94. The third-order valence-electron chi connectivity index (χ3n) is 3.94. The number of carbonyl (C=O) groups is 1. The smallest absolute Gasteiger partial charge is 0.222 e. The Morgan fingerprint density at radius 3 is 2.88 bits per heavy atom. The van der Waals surface area contributed by atoms with Crippen LogP contribution in [0.4, 0.5) is 0 Å². The number of nitrogens with zero attached hydrogens (tertiary/aromatic N) is 2. The summed E-state index contributed by atoms with van der Waals surface area (Å²) in [6.45, 7) is 7.10. The molecule has 0 aromatic heterocycles. The minimum Gasteiger partial charge on any atom is -0.340 e. The molecule has 2 fully saturated rings. The number of hydrogen-bond acceptors (Lipinski definition) is 3. The summed E-state index contributed by atoms with van der Waals surface area (Å²) < 4.78 is 0. The van der Waals surface area contributed by atoms with Crippen molar-refractivity contribution in [2.24, 2.45) is 5.92 Å². The van der Waals surface area contributed by atoms with Gasteiger partial charge >= 0.3 is 0 Å². The summed E-state index contributed by atoms with van der Waals surface area (Å²) in [5.41, 5.74) is 0. The molecule has 1 amide bonds. The van der Waals surface area contributed by atoms with Crippen molar-refractivity contribution >= 4 is 5.91 Å². The molecular formula is C12H23N3O. The van der Waals surface area contributed by atoms with Gasteiger partial charge in [0.15, 0.2) is 0 Å². The highest BCUT2D eigenvalue weighted by Crippen LogP contribution is 2.16. The van der Waals surface area contributed by atoms with Crippen LogP contribution in [-0.2, 0) is 4.79 Å². The molecule has 2 heterocycles. The fraction of sp³-hybridized carbons (Fsp3) is 0.917. The van der Waals surface area contributed by atoms with E-state index in [-0.39, 0.29) is 0 Å². The van der Waals surface area contributed by atoms with E-state index in [0.29, 0.717) is 17.9 Å². The zero-order valence-electron chi connectivity index (χ0n) is 10.4. The molecule has 2 aliphatic heterocycles. The van der Waals surface area contributed by atoms with Gasteiger partial charge in [-0.2, -0.15) is 0 Å². The van der Waals surface area contributed by atoms with E-state index in [4.69, 9.17) is 0 Å². The van der Waals surface area contributed by atoms with E-state index in [2.05, 4.69) is 24.2 Å². The lowest BCUT2D eigenvalue weighted by Crippen LogP contribution is -2.52. The van der Waals surface area contributed by atoms with E-state index >= 15 is 0 Å². The molecule has 2 saturated heterocycles. The highest BCUT2D eigenvalue weighted by atomic mass is 16.2. The predicted molar refractivity (Wildman–Crippen MR) is 64.3 cm³/mol. The molecule has 16 heavy (non-hydrogen) atoms. The molecule has 2 aliphatic rings. The maximum atomic E-state index is 12.1. The van der Waals surface area contributed by atoms with Crippen LogP contribution in [0, 0.1) is 5.92 Å². The summed E-state index contributed by atoms with van der Waals surface area (Å²) in [5, 5.41) is 3.32. The highest BCUT2D eigenvalue weighted by Gasteiger charge is 2.26. The number of carbonyl (C=O) groups excluding carboxylic acids is 1. The van der Waals surface area contributed by atoms with E-state index in [1.165, 1.54) is 0 Å². The van der Waals surface area contributed by atoms with Gasteiger partial charge in [0.05, 0.1) is 0 Å². The fourth-order valence-electron chi connectivity index (χ4n) is 2.54. The van der Waals surface area contributed by atoms with Crippen LogP contribution < -0.4 is 5.32 Å². The van der Waals surface area contributed by atoms with Crippen molar-refractivity contribution in [1.29, 1.82) is 0 Å². The standard InChI is InChI=1S/C12H23N3O/c1-10-9-15(6-5-14(10)2)12(16)7-11-3-4-13-8-11/h10-11,13H,3-9H2,1-2H3. The van der Waals surface area contributed by atoms with Crippen LogP contribution in [0.25, 0.3) is 0 Å². The Morgan fingerprint density at radius 1 is 1.44 bits per heavy atom. The molecule has 0 aliphatic carbocycles. The Balaban J connectivity index is 1.80. The van der Waals surface area contributed by atoms with E-state index < -0.39 is 0 Å². The first-order valence-electron chi connectivity index (χ1n) is 6.35. The van der Waals surface area contributed by atoms with Crippen molar-refractivity contribution in [2.45, 2.75) is 25.8 Å². The van der Waals surface area contributed by atoms with Gasteiger partial charge in [-0.05, 0) is 39.4 Å². The molecule has 4 heteroatoms. The van der Waals surface area contributed by atoms with Gasteiger partial charge in [-0.1, -0.05) is 0 Å². The minimum absolute atomic E-state index is 0.355. The molecule has 92 valence electrons. The molecular weight excluding hydrogens is 202 g/mol. The molecule has 0 bridgehead atoms. The Labute approximate surface area is 98.0 Å². The van der Waals surface area contributed by atoms with Crippen molar-refractivity contribution in [3.63, 3.8) is 0 Å². The summed E-state index contributed by atoms with van der Waals surface area (Å²) in [7, 11) is 2.13. The van der Waals surface area contributed by atoms with Crippen molar-refractivity contribution in [2.75, 3.05) is 39.8 Å². The van der Waals surface area contributed by atoms with Gasteiger partial charge in [-0.3, -0.25) is 4.79 Å². The second-order valence-electron chi connectivity index (χ2n) is 5.23. The Kier molecular flexibility index (Phi) is 3.82. The second kappa shape index (κ2) is 5.15. The second-order valence-corrected chi connectivity index (χ2v) is 5.23. The Morgan fingerprint density at radius 2 is 2.25 bits per heavy atom. The maximum Gasteiger partial charge on any atom is 0.222 e. The van der Waals surface area contributed by atoms with Crippen LogP contribution >= 0.6 is 0 Å². The van der Waals surface area contributed by atoms with Crippen molar-refractivity contribution in [3.05, 3.63) is 0 Å². The topological polar surface area (TPSA) is 35.6 Å². The molecule has 2 unspecified atom stereocenters. The summed E-state index contributed by atoms with van der Waals surface area (Å²) >= 11 is 0. The number of rotatable bonds is 2. The first kappa shape index (κ1) is 11.9. The molecule has 2 rings (SSSR count). The van der Waals surface area contributed by atoms with Crippen molar-refractivity contribution in [1.82, 2.24) is 15.1 Å². The van der Waals surface area contributed by atoms with Crippen molar-refractivity contribution in [3.8, 4) is 0 Å². The number of likely N-dealkylation sites (N-methyl/N-ethyl adjacent to an activating group) is 1. The number of amides is 1. The van der Waals surface area contributed by atoms with Crippen LogP contribution in [0.1, 0.15) is 19.8 Å². The SMILES string of the molecule is CC1CN(C(=O)CC2CCNC2)CCN1C. The average Bonchev–Trinajstić information content (AvgIpc) is 2.74. The lowest BCUT2D eigenvalue weighted by Gasteiger charge is -2.38. The lowest BCUT2D eigenvalue weighted by atomic mass is 10.0. The van der Waals surface area contributed by atoms with Crippen molar-refractivity contribution < 1.29 is 4.79 Å². The highest BCUT2D eigenvalue weighted by molar-refractivity contribution is 5.76. The average molecular weight is 225 g/mol. The third kappa shape index (κ3) is 2.74. The van der Waals surface area contributed by atoms with Gasteiger partial charge < -0.3 is 15.1 Å². The normalized spacial score (nSPS) is 32.0. The summed E-state index contributed by atoms with van der Waals surface area (Å²) in [4.78, 5) is 16.5. The zero-order chi connectivity index (χ0) is 11.5. The van der Waals surface area contributed by atoms with Crippen LogP contribution in [0.3, 0.4) is 0 Å². The largest absolute Gasteiger partial charge is 0.340 e. The zero-order valence-corrected chi connectivity index (χ0v) is 10.4. The molecule has 0 spiro atoms. The summed E-state index contributed by atoms with van der Waals surface area (Å²) in [6, 6.07) is 0.499. The van der Waals surface area contributed by atoms with E-state index in [0.717, 1.165) is 45.6 Å². The van der Waals surface area contributed by atoms with Gasteiger partial charge in [0, 0.05) is 32.1 Å². The van der Waals surface area contributed by atoms with E-state index in [9.17, 15) is 4.79 Å². The van der Waals surface area contributed by atoms with Gasteiger partial charge in [0.1, 0.15) is 0 Å². The molecule has 0 radical (unpaired) electrons. The summed E-state index contributed by atoms with van der Waals surface area (Å²) in [5.74, 6) is 0.927. The van der Waals surface area contributed by atoms with E-state index in [1.807, 2.05) is 4.90 Å². The van der Waals surface area contributed by atoms with Gasteiger partial charge in [0.2, 0.25) is 5.91 Å². The van der Waals surface area contributed by atoms with Gasteiger partial charge in [-0.15, -0.1) is 0 Å². The lowest BCUT2D eigenvalue weighted by molar-refractivity contribution is -0.134. The molecule has 2 atom stereocenters. The minimum atomic E-state index is 0.355. The molecule has 0 aromatic rings. The van der Waals surface area contributed by atoms with E-state index in [1.54, 1.807) is 0 Å². The molecule has 0 aromatic carbocycles. The first-order valence-corrected chi connectivity index (χ1v) is 6.35. The van der Waals surface area contributed by atoms with Crippen LogP contribution in [0.15, 0.2) is 0 Å². The number of hydrogen-bond donors (Lipinski definition) is 1. The quantitative estimate of drug-likeness (QED) is 0.726. The van der Waals surface area contributed by atoms with Gasteiger partial charge in [-0.25, -0.2) is 0 Å². The molecule has 0 saturated carbocycles. The van der Waals surface area contributed by atoms with Gasteiger partial charge in [0.25, 0.3) is 0 Å². The summed E-state index contributed by atoms with van der Waals surface area (Å²) in [6.07, 6.45) is 1.90. The molecule has 1 N–H and O–H groups in total. The van der Waals surface area contributed by atoms with Crippen LogP contribution in [0.5, 0.6) is 0 Å². The number of nitrogens with one attached hydrogen (secondary N) is 1.